The summed E-state index contributed by atoms with van der Waals surface area (Å²) in [5.41, 5.74) is 2.77. The van der Waals surface area contributed by atoms with E-state index in [0.717, 1.165) is 21.6 Å². The number of carbonyl (C=O) groups is 3. The average molecular weight is 530 g/mol. The van der Waals surface area contributed by atoms with Gasteiger partial charge >= 0.3 is 5.97 Å². The van der Waals surface area contributed by atoms with Crippen LogP contribution in [0.2, 0.25) is 0 Å². The molecule has 0 fully saturated rings. The highest BCUT2D eigenvalue weighted by atomic mass is 32.1. The molecule has 1 heterocycles. The second-order valence-corrected chi connectivity index (χ2v) is 8.42. The first kappa shape index (κ1) is 27.3. The SMILES string of the molecule is COc1ccc(-c2cnsc2-c2cc(OC)c(OC)c(OC)c2)cc1NC(=O)CNC(=O)CCC(=O)O. The molecular weight excluding hydrogens is 502 g/mol. The first-order valence-corrected chi connectivity index (χ1v) is 11.8. The van der Waals surface area contributed by atoms with E-state index in [2.05, 4.69) is 15.0 Å². The summed E-state index contributed by atoms with van der Waals surface area (Å²) in [4.78, 5) is 35.6. The molecule has 0 aliphatic carbocycles. The van der Waals surface area contributed by atoms with Gasteiger partial charge in [0, 0.05) is 23.7 Å². The fraction of sp³-hybridized carbons (Fsp3) is 0.280. The predicted octanol–water partition coefficient (Wildman–Crippen LogP) is 3.43. The number of nitrogens with zero attached hydrogens (tertiary/aromatic N) is 1. The van der Waals surface area contributed by atoms with Crippen molar-refractivity contribution in [3.63, 3.8) is 0 Å². The van der Waals surface area contributed by atoms with E-state index in [4.69, 9.17) is 24.1 Å². The van der Waals surface area contributed by atoms with Crippen molar-refractivity contribution in [2.45, 2.75) is 12.8 Å². The molecule has 12 heteroatoms. The third-order valence-electron chi connectivity index (χ3n) is 5.29. The minimum atomic E-state index is -1.09. The fourth-order valence-electron chi connectivity index (χ4n) is 3.52. The zero-order valence-corrected chi connectivity index (χ0v) is 21.6. The number of carboxylic acid groups (broad SMARTS) is 1. The Kier molecular flexibility index (Phi) is 9.27. The van der Waals surface area contributed by atoms with Gasteiger partial charge < -0.3 is 34.7 Å². The molecule has 0 radical (unpaired) electrons. The predicted molar refractivity (Wildman–Crippen MR) is 138 cm³/mol. The van der Waals surface area contributed by atoms with Crippen molar-refractivity contribution in [3.8, 4) is 44.6 Å². The number of hydrogen-bond donors (Lipinski definition) is 3. The Morgan fingerprint density at radius 3 is 2.14 bits per heavy atom. The summed E-state index contributed by atoms with van der Waals surface area (Å²) < 4.78 is 26.1. The number of anilines is 1. The van der Waals surface area contributed by atoms with E-state index in [1.165, 1.54) is 25.8 Å². The van der Waals surface area contributed by atoms with Gasteiger partial charge in [0.1, 0.15) is 5.75 Å². The third-order valence-corrected chi connectivity index (χ3v) is 6.14. The van der Waals surface area contributed by atoms with Crippen molar-refractivity contribution in [2.75, 3.05) is 40.3 Å². The van der Waals surface area contributed by atoms with Crippen LogP contribution in [0.5, 0.6) is 23.0 Å². The van der Waals surface area contributed by atoms with Crippen molar-refractivity contribution in [1.82, 2.24) is 9.69 Å². The zero-order chi connectivity index (χ0) is 26.9. The summed E-state index contributed by atoms with van der Waals surface area (Å²) in [7, 11) is 6.10. The van der Waals surface area contributed by atoms with Crippen LogP contribution in [0, 0.1) is 0 Å². The zero-order valence-electron chi connectivity index (χ0n) is 20.7. The van der Waals surface area contributed by atoms with Gasteiger partial charge in [0.2, 0.25) is 17.6 Å². The van der Waals surface area contributed by atoms with E-state index in [9.17, 15) is 14.4 Å². The summed E-state index contributed by atoms with van der Waals surface area (Å²) in [5, 5.41) is 13.8. The van der Waals surface area contributed by atoms with Crippen molar-refractivity contribution in [1.29, 1.82) is 0 Å². The molecule has 0 bridgehead atoms. The second kappa shape index (κ2) is 12.6. The molecular formula is C25H27N3O8S. The Morgan fingerprint density at radius 1 is 0.865 bits per heavy atom. The molecule has 0 aliphatic rings. The number of aliphatic carboxylic acids is 1. The van der Waals surface area contributed by atoms with Gasteiger partial charge in [0.25, 0.3) is 0 Å². The normalized spacial score (nSPS) is 10.4. The summed E-state index contributed by atoms with van der Waals surface area (Å²) in [6, 6.07) is 8.96. The van der Waals surface area contributed by atoms with E-state index >= 15 is 0 Å². The van der Waals surface area contributed by atoms with Gasteiger partial charge in [0.15, 0.2) is 11.5 Å². The van der Waals surface area contributed by atoms with Gasteiger partial charge in [-0.2, -0.15) is 4.37 Å². The van der Waals surface area contributed by atoms with Gasteiger partial charge in [0.05, 0.1) is 52.0 Å². The van der Waals surface area contributed by atoms with Crippen molar-refractivity contribution in [3.05, 3.63) is 36.5 Å². The summed E-state index contributed by atoms with van der Waals surface area (Å²) in [6.45, 7) is -0.317. The quantitative estimate of drug-likeness (QED) is 0.321. The maximum Gasteiger partial charge on any atom is 0.303 e. The Balaban J connectivity index is 1.87. The fourth-order valence-corrected chi connectivity index (χ4v) is 4.28. The smallest absolute Gasteiger partial charge is 0.303 e. The van der Waals surface area contributed by atoms with Crippen LogP contribution in [-0.2, 0) is 14.4 Å². The van der Waals surface area contributed by atoms with Crippen LogP contribution in [0.15, 0.2) is 36.5 Å². The number of methoxy groups -OCH3 is 4. The molecule has 0 aliphatic heterocycles. The van der Waals surface area contributed by atoms with E-state index in [1.807, 2.05) is 18.2 Å². The number of hydrogen-bond acceptors (Lipinski definition) is 9. The maximum absolute atomic E-state index is 12.5. The number of carboxylic acids is 1. The molecule has 0 unspecified atom stereocenters. The van der Waals surface area contributed by atoms with Gasteiger partial charge in [-0.3, -0.25) is 14.4 Å². The molecule has 3 N–H and O–H groups in total. The summed E-state index contributed by atoms with van der Waals surface area (Å²) in [5.74, 6) is -0.204. The Morgan fingerprint density at radius 2 is 1.54 bits per heavy atom. The second-order valence-electron chi connectivity index (χ2n) is 7.62. The minimum Gasteiger partial charge on any atom is -0.495 e. The molecule has 1 aromatic heterocycles. The van der Waals surface area contributed by atoms with Crippen LogP contribution in [0.25, 0.3) is 21.6 Å². The van der Waals surface area contributed by atoms with Gasteiger partial charge in [-0.25, -0.2) is 0 Å². The van der Waals surface area contributed by atoms with Crippen molar-refractivity contribution in [2.24, 2.45) is 0 Å². The number of aromatic nitrogens is 1. The minimum absolute atomic E-state index is 0.212. The monoisotopic (exact) mass is 529 g/mol. The van der Waals surface area contributed by atoms with Crippen LogP contribution < -0.4 is 29.6 Å². The number of nitrogens with one attached hydrogen (secondary N) is 2. The van der Waals surface area contributed by atoms with Gasteiger partial charge in [-0.05, 0) is 41.4 Å². The Labute approximate surface area is 217 Å². The van der Waals surface area contributed by atoms with Crippen LogP contribution in [0.4, 0.5) is 5.69 Å². The lowest BCUT2D eigenvalue weighted by molar-refractivity contribution is -0.138. The molecule has 2 amide bonds. The number of rotatable bonds is 12. The van der Waals surface area contributed by atoms with E-state index < -0.39 is 17.8 Å². The van der Waals surface area contributed by atoms with Crippen LogP contribution in [0.1, 0.15) is 12.8 Å². The summed E-state index contributed by atoms with van der Waals surface area (Å²) >= 11 is 1.29. The molecule has 2 aromatic carbocycles. The summed E-state index contributed by atoms with van der Waals surface area (Å²) in [6.07, 6.45) is 1.20. The lowest BCUT2D eigenvalue weighted by atomic mass is 10.0. The van der Waals surface area contributed by atoms with E-state index in [-0.39, 0.29) is 19.4 Å². The lowest BCUT2D eigenvalue weighted by Gasteiger charge is -2.15. The maximum atomic E-state index is 12.5. The largest absolute Gasteiger partial charge is 0.495 e. The molecule has 196 valence electrons. The van der Waals surface area contributed by atoms with Crippen LogP contribution in [-0.4, -0.2) is 62.2 Å². The molecule has 0 spiro atoms. The topological polar surface area (TPSA) is 145 Å². The highest BCUT2D eigenvalue weighted by Crippen LogP contribution is 2.45. The van der Waals surface area contributed by atoms with Crippen molar-refractivity contribution < 1.29 is 38.4 Å². The first-order valence-electron chi connectivity index (χ1n) is 11.0. The highest BCUT2D eigenvalue weighted by Gasteiger charge is 2.19. The van der Waals surface area contributed by atoms with Crippen LogP contribution >= 0.6 is 11.5 Å². The molecule has 11 nitrogen and oxygen atoms in total. The molecule has 37 heavy (non-hydrogen) atoms. The molecule has 0 saturated carbocycles. The number of carbonyl (C=O) groups excluding carboxylic acids is 2. The number of benzene rings is 2. The molecule has 3 aromatic rings. The van der Waals surface area contributed by atoms with Gasteiger partial charge in [-0.15, -0.1) is 0 Å². The molecule has 3 rings (SSSR count). The molecule has 0 atom stereocenters. The van der Waals surface area contributed by atoms with E-state index in [0.29, 0.717) is 28.7 Å². The molecule has 0 saturated heterocycles. The van der Waals surface area contributed by atoms with E-state index in [1.54, 1.807) is 32.5 Å². The number of amides is 2. The number of ether oxygens (including phenoxy) is 4. The van der Waals surface area contributed by atoms with Crippen LogP contribution in [0.3, 0.4) is 0 Å². The first-order chi connectivity index (χ1) is 17.8. The lowest BCUT2D eigenvalue weighted by Crippen LogP contribution is -2.33. The third kappa shape index (κ3) is 6.67. The standard InChI is InChI=1S/C25H27N3O8S/c1-33-18-6-5-14(9-17(18)28-22(30)13-26-21(29)7-8-23(31)32)16-12-27-37-25(16)15-10-19(34-2)24(36-4)20(11-15)35-3/h5-6,9-12H,7-8,13H2,1-4H3,(H,26,29)(H,28,30)(H,31,32). The average Bonchev–Trinajstić information content (AvgIpc) is 3.39. The van der Waals surface area contributed by atoms with Crippen molar-refractivity contribution >= 4 is 35.0 Å². The van der Waals surface area contributed by atoms with Gasteiger partial charge in [-0.1, -0.05) is 6.07 Å². The Hall–Kier alpha value is -4.32. The highest BCUT2D eigenvalue weighted by molar-refractivity contribution is 7.10. The Bertz CT molecular complexity index is 1270.